The van der Waals surface area contributed by atoms with Crippen molar-refractivity contribution in [3.05, 3.63) is 39.8 Å². The molecule has 0 bridgehead atoms. The Morgan fingerprint density at radius 2 is 1.71 bits per heavy atom. The number of hydrogen-bond acceptors (Lipinski definition) is 8. The van der Waals surface area contributed by atoms with Crippen LogP contribution >= 0.6 is 0 Å². The largest absolute Gasteiger partial charge is 0.506 e. The molecule has 41 heavy (non-hydrogen) atoms. The number of ether oxygens (including phenoxy) is 3. The number of amides is 2. The van der Waals surface area contributed by atoms with Crippen molar-refractivity contribution in [2.24, 2.45) is 5.92 Å². The number of aromatic amines is 1. The summed E-state index contributed by atoms with van der Waals surface area (Å²) in [6.45, 7) is 1.64. The highest BCUT2D eigenvalue weighted by Crippen LogP contribution is 2.44. The predicted molar refractivity (Wildman–Crippen MR) is 153 cm³/mol. The highest BCUT2D eigenvalue weighted by atomic mass is 16.5. The maximum Gasteiger partial charge on any atom is 0.325 e. The first-order valence-electron chi connectivity index (χ1n) is 14.1. The fourth-order valence-corrected chi connectivity index (χ4v) is 5.33. The number of hydrogen-bond donors (Lipinski definition) is 4. The van der Waals surface area contributed by atoms with E-state index in [9.17, 15) is 24.3 Å². The topological polar surface area (TPSA) is 156 Å². The first kappa shape index (κ1) is 31.5. The first-order chi connectivity index (χ1) is 19.7. The van der Waals surface area contributed by atoms with Crippen LogP contribution in [0.5, 0.6) is 17.2 Å². The number of carbonyl (C=O) groups is 3. The summed E-state index contributed by atoms with van der Waals surface area (Å²) in [5, 5.41) is 16.7. The van der Waals surface area contributed by atoms with Gasteiger partial charge in [0, 0.05) is 5.69 Å². The van der Waals surface area contributed by atoms with Gasteiger partial charge in [0.2, 0.25) is 5.91 Å². The Bertz CT molecular complexity index is 1260. The van der Waals surface area contributed by atoms with Crippen molar-refractivity contribution >= 4 is 17.8 Å². The second kappa shape index (κ2) is 15.1. The molecule has 0 aliphatic heterocycles. The van der Waals surface area contributed by atoms with Gasteiger partial charge in [0.25, 0.3) is 11.5 Å². The van der Waals surface area contributed by atoms with Crippen LogP contribution in [0.15, 0.2) is 23.0 Å². The van der Waals surface area contributed by atoms with Gasteiger partial charge in [-0.25, -0.2) is 0 Å². The van der Waals surface area contributed by atoms with Gasteiger partial charge in [0.15, 0.2) is 0 Å². The van der Waals surface area contributed by atoms with Crippen LogP contribution in [0.4, 0.5) is 0 Å². The van der Waals surface area contributed by atoms with Crippen LogP contribution in [0, 0.1) is 5.92 Å². The zero-order valence-corrected chi connectivity index (χ0v) is 24.3. The van der Waals surface area contributed by atoms with E-state index < -0.39 is 40.7 Å². The molecule has 3 rings (SSSR count). The molecule has 2 amide bonds. The number of carbonyl (C=O) groups excluding carboxylic acids is 3. The van der Waals surface area contributed by atoms with Gasteiger partial charge in [0.1, 0.15) is 35.4 Å². The molecular weight excluding hydrogens is 530 g/mol. The van der Waals surface area contributed by atoms with E-state index in [1.165, 1.54) is 21.3 Å². The smallest absolute Gasteiger partial charge is 0.325 e. The molecule has 224 valence electrons. The summed E-state index contributed by atoms with van der Waals surface area (Å²) in [5.41, 5.74) is -0.265. The minimum atomic E-state index is -1.03. The van der Waals surface area contributed by atoms with E-state index in [1.807, 2.05) is 6.92 Å². The standard InChI is InChI=1S/C30H41N3O8/c1-5-6-13-19-24(25-21(39-2)14-10-15-22(25)40-3)27(35)26(29(37)32-19)30(38)33-20(16-18-11-8-7-9-12-18)28(36)31-17-23(34)41-4/h10,14-15,18,20H,5-9,11-13,16-17H2,1-4H3,(H,31,36)(H,33,38)(H2,32,35,37)/t20-/m0/s1. The van der Waals surface area contributed by atoms with Gasteiger partial charge >= 0.3 is 5.97 Å². The molecule has 1 fully saturated rings. The van der Waals surface area contributed by atoms with E-state index in [0.717, 1.165) is 44.9 Å². The third-order valence-corrected chi connectivity index (χ3v) is 7.50. The van der Waals surface area contributed by atoms with Gasteiger partial charge in [-0.3, -0.25) is 19.2 Å². The number of rotatable bonds is 13. The van der Waals surface area contributed by atoms with E-state index in [0.29, 0.717) is 35.6 Å². The third kappa shape index (κ3) is 7.80. The van der Waals surface area contributed by atoms with Gasteiger partial charge in [-0.15, -0.1) is 0 Å². The predicted octanol–water partition coefficient (Wildman–Crippen LogP) is 3.47. The number of nitrogens with one attached hydrogen (secondary N) is 3. The molecule has 1 heterocycles. The van der Waals surface area contributed by atoms with Crippen LogP contribution < -0.4 is 25.7 Å². The number of methoxy groups -OCH3 is 3. The van der Waals surface area contributed by atoms with Gasteiger partial charge in [-0.1, -0.05) is 51.5 Å². The van der Waals surface area contributed by atoms with E-state index in [4.69, 9.17) is 9.47 Å². The van der Waals surface area contributed by atoms with E-state index >= 15 is 0 Å². The molecule has 1 atom stereocenters. The fourth-order valence-electron chi connectivity index (χ4n) is 5.33. The molecule has 0 unspecified atom stereocenters. The Labute approximate surface area is 240 Å². The summed E-state index contributed by atoms with van der Waals surface area (Å²) in [5.74, 6) is -1.69. The lowest BCUT2D eigenvalue weighted by Gasteiger charge is -2.26. The average molecular weight is 572 g/mol. The van der Waals surface area contributed by atoms with E-state index in [1.54, 1.807) is 18.2 Å². The fraction of sp³-hybridized carbons (Fsp3) is 0.533. The zero-order chi connectivity index (χ0) is 29.9. The maximum absolute atomic E-state index is 13.6. The Kier molecular flexibility index (Phi) is 11.6. The number of unbranched alkanes of at least 4 members (excludes halogenated alkanes) is 1. The summed E-state index contributed by atoms with van der Waals surface area (Å²) >= 11 is 0. The van der Waals surface area contributed by atoms with Crippen molar-refractivity contribution in [2.75, 3.05) is 27.9 Å². The van der Waals surface area contributed by atoms with Crippen LogP contribution in [-0.2, 0) is 20.7 Å². The number of aryl methyl sites for hydroxylation is 1. The summed E-state index contributed by atoms with van der Waals surface area (Å²) < 4.78 is 15.7. The SMILES string of the molecule is CCCCc1[nH]c(=O)c(C(=O)N[C@@H](CC2CCCCC2)C(=O)NCC(=O)OC)c(O)c1-c1c(OC)cccc1OC. The highest BCUT2D eigenvalue weighted by Gasteiger charge is 2.31. The number of aromatic nitrogens is 1. The molecule has 0 radical (unpaired) electrons. The van der Waals surface area contributed by atoms with Crippen LogP contribution in [0.25, 0.3) is 11.1 Å². The molecule has 1 aliphatic carbocycles. The Hall–Kier alpha value is -4.02. The summed E-state index contributed by atoms with van der Waals surface area (Å²) in [7, 11) is 4.16. The lowest BCUT2D eigenvalue weighted by Crippen LogP contribution is -2.49. The number of benzene rings is 1. The zero-order valence-electron chi connectivity index (χ0n) is 24.3. The summed E-state index contributed by atoms with van der Waals surface area (Å²) in [6.07, 6.45) is 7.30. The minimum Gasteiger partial charge on any atom is -0.506 e. The van der Waals surface area contributed by atoms with Crippen molar-refractivity contribution in [3.63, 3.8) is 0 Å². The molecule has 11 nitrogen and oxygen atoms in total. The maximum atomic E-state index is 13.6. The second-order valence-electron chi connectivity index (χ2n) is 10.2. The van der Waals surface area contributed by atoms with E-state index in [2.05, 4.69) is 20.4 Å². The van der Waals surface area contributed by atoms with Crippen molar-refractivity contribution < 1.29 is 33.7 Å². The van der Waals surface area contributed by atoms with Crippen LogP contribution in [0.3, 0.4) is 0 Å². The molecule has 1 aromatic heterocycles. The van der Waals surface area contributed by atoms with Gasteiger partial charge < -0.3 is 34.9 Å². The molecule has 1 aliphatic rings. The van der Waals surface area contributed by atoms with Gasteiger partial charge in [0.05, 0.1) is 32.5 Å². The molecular formula is C30H41N3O8. The van der Waals surface area contributed by atoms with Crippen molar-refractivity contribution in [2.45, 2.75) is 70.8 Å². The van der Waals surface area contributed by atoms with E-state index in [-0.39, 0.29) is 18.0 Å². The Morgan fingerprint density at radius 3 is 2.29 bits per heavy atom. The highest BCUT2D eigenvalue weighted by molar-refractivity contribution is 6.02. The molecule has 0 saturated heterocycles. The Balaban J connectivity index is 2.06. The van der Waals surface area contributed by atoms with Crippen LogP contribution in [-0.4, -0.2) is 61.8 Å². The third-order valence-electron chi connectivity index (χ3n) is 7.50. The second-order valence-corrected chi connectivity index (χ2v) is 10.2. The normalized spacial score (nSPS) is 14.1. The summed E-state index contributed by atoms with van der Waals surface area (Å²) in [6, 6.07) is 4.08. The monoisotopic (exact) mass is 571 g/mol. The van der Waals surface area contributed by atoms with Crippen molar-refractivity contribution in [1.29, 1.82) is 0 Å². The molecule has 4 N–H and O–H groups in total. The summed E-state index contributed by atoms with van der Waals surface area (Å²) in [4.78, 5) is 54.4. The van der Waals surface area contributed by atoms with Gasteiger partial charge in [-0.05, 0) is 37.3 Å². The molecule has 1 saturated carbocycles. The van der Waals surface area contributed by atoms with Crippen molar-refractivity contribution in [3.8, 4) is 28.4 Å². The molecule has 2 aromatic rings. The quantitative estimate of drug-likeness (QED) is 0.266. The number of H-pyrrole nitrogens is 1. The minimum absolute atomic E-state index is 0.189. The lowest BCUT2D eigenvalue weighted by atomic mass is 9.84. The number of esters is 1. The number of aromatic hydroxyl groups is 1. The molecule has 1 aromatic carbocycles. The molecule has 11 heteroatoms. The van der Waals surface area contributed by atoms with Crippen molar-refractivity contribution in [1.82, 2.24) is 15.6 Å². The average Bonchev–Trinajstić information content (AvgIpc) is 2.98. The lowest BCUT2D eigenvalue weighted by molar-refractivity contribution is -0.141. The van der Waals surface area contributed by atoms with Gasteiger partial charge in [-0.2, -0.15) is 0 Å². The first-order valence-corrected chi connectivity index (χ1v) is 14.1. The Morgan fingerprint density at radius 1 is 1.05 bits per heavy atom. The molecule has 0 spiro atoms. The van der Waals surface area contributed by atoms with Crippen LogP contribution in [0.2, 0.25) is 0 Å². The van der Waals surface area contributed by atoms with Crippen LogP contribution in [0.1, 0.15) is 74.3 Å². The number of pyridine rings is 1.